The summed E-state index contributed by atoms with van der Waals surface area (Å²) in [4.78, 5) is 14.0. The molecule has 0 unspecified atom stereocenters. The Hall–Kier alpha value is -2.40. The monoisotopic (exact) mass is 331 g/mol. The number of hydrogen-bond donors (Lipinski definition) is 0. The molecule has 6 heteroatoms. The third kappa shape index (κ3) is 4.29. The summed E-state index contributed by atoms with van der Waals surface area (Å²) >= 11 is 5.80. The van der Waals surface area contributed by atoms with Gasteiger partial charge in [0.15, 0.2) is 0 Å². The zero-order valence-corrected chi connectivity index (χ0v) is 13.8. The minimum absolute atomic E-state index is 0.0847. The molecule has 0 spiro atoms. The molecule has 0 N–H and O–H groups in total. The van der Waals surface area contributed by atoms with Crippen LogP contribution < -0.4 is 9.78 Å². The van der Waals surface area contributed by atoms with Gasteiger partial charge in [-0.2, -0.15) is 0 Å². The van der Waals surface area contributed by atoms with Gasteiger partial charge < -0.3 is 10.0 Å². The fourth-order valence-corrected chi connectivity index (χ4v) is 2.23. The van der Waals surface area contributed by atoms with Crippen molar-refractivity contribution in [3.63, 3.8) is 0 Å². The van der Waals surface area contributed by atoms with Crippen molar-refractivity contribution in [3.05, 3.63) is 64.9 Å². The zero-order chi connectivity index (χ0) is 16.8. The number of nitrogens with zero attached hydrogens (tertiary/aromatic N) is 3. The Morgan fingerprint density at radius 1 is 1.17 bits per heavy atom. The van der Waals surface area contributed by atoms with Crippen LogP contribution in [-0.2, 0) is 0 Å². The summed E-state index contributed by atoms with van der Waals surface area (Å²) < 4.78 is 1.35. The summed E-state index contributed by atoms with van der Waals surface area (Å²) in [5, 5.41) is 16.7. The quantitative estimate of drug-likeness (QED) is 0.475. The van der Waals surface area contributed by atoms with E-state index in [-0.39, 0.29) is 5.91 Å². The van der Waals surface area contributed by atoms with Crippen molar-refractivity contribution >= 4 is 23.4 Å². The van der Waals surface area contributed by atoms with Crippen LogP contribution >= 0.6 is 11.6 Å². The van der Waals surface area contributed by atoms with Crippen LogP contribution in [0.4, 0.5) is 0 Å². The minimum Gasteiger partial charge on any atom is -0.854 e. The number of aromatic nitrogens is 1. The van der Waals surface area contributed by atoms with E-state index in [0.717, 1.165) is 0 Å². The van der Waals surface area contributed by atoms with E-state index < -0.39 is 5.90 Å². The number of pyridine rings is 1. The second-order valence-corrected chi connectivity index (χ2v) is 5.30. The molecule has 1 heterocycles. The SMILES string of the molecule is CCN(CC)C(=O)c1ccc[n+](/N=C(\[O-])c2ccc(Cl)cc2)c1. The van der Waals surface area contributed by atoms with E-state index in [4.69, 9.17) is 11.6 Å². The lowest BCUT2D eigenvalue weighted by Gasteiger charge is -2.17. The van der Waals surface area contributed by atoms with Gasteiger partial charge in [0, 0.05) is 24.2 Å². The summed E-state index contributed by atoms with van der Waals surface area (Å²) in [6.45, 7) is 5.11. The third-order valence-electron chi connectivity index (χ3n) is 3.38. The number of halogens is 1. The average molecular weight is 332 g/mol. The van der Waals surface area contributed by atoms with Crippen molar-refractivity contribution in [2.45, 2.75) is 13.8 Å². The Morgan fingerprint density at radius 2 is 1.83 bits per heavy atom. The normalized spacial score (nSPS) is 11.3. The van der Waals surface area contributed by atoms with Gasteiger partial charge in [-0.05, 0) is 42.7 Å². The Morgan fingerprint density at radius 3 is 2.43 bits per heavy atom. The molecule has 2 aromatic rings. The van der Waals surface area contributed by atoms with Gasteiger partial charge in [0.25, 0.3) is 5.91 Å². The molecule has 1 amide bonds. The maximum atomic E-state index is 12.3. The highest BCUT2D eigenvalue weighted by Gasteiger charge is 2.15. The van der Waals surface area contributed by atoms with E-state index in [2.05, 4.69) is 5.10 Å². The van der Waals surface area contributed by atoms with E-state index in [1.165, 1.54) is 4.68 Å². The van der Waals surface area contributed by atoms with E-state index in [1.54, 1.807) is 53.7 Å². The maximum Gasteiger partial charge on any atom is 0.260 e. The summed E-state index contributed by atoms with van der Waals surface area (Å²) in [7, 11) is 0. The lowest BCUT2D eigenvalue weighted by molar-refractivity contribution is -0.681. The van der Waals surface area contributed by atoms with Gasteiger partial charge in [-0.25, -0.2) is 0 Å². The summed E-state index contributed by atoms with van der Waals surface area (Å²) in [5.41, 5.74) is 0.922. The molecule has 1 aromatic heterocycles. The van der Waals surface area contributed by atoms with Gasteiger partial charge in [-0.1, -0.05) is 28.4 Å². The predicted molar refractivity (Wildman–Crippen MR) is 87.3 cm³/mol. The fraction of sp³-hybridized carbons (Fsp3) is 0.235. The number of benzene rings is 1. The molecule has 0 saturated carbocycles. The van der Waals surface area contributed by atoms with Gasteiger partial charge in [-0.3, -0.25) is 4.79 Å². The van der Waals surface area contributed by atoms with Gasteiger partial charge in [0.2, 0.25) is 12.4 Å². The Kier molecular flexibility index (Phi) is 5.71. The summed E-state index contributed by atoms with van der Waals surface area (Å²) in [6.07, 6.45) is 3.17. The first kappa shape index (κ1) is 17.0. The molecule has 0 atom stereocenters. The minimum atomic E-state index is -0.404. The van der Waals surface area contributed by atoms with Crippen molar-refractivity contribution in [1.29, 1.82) is 0 Å². The van der Waals surface area contributed by atoms with Crippen LogP contribution in [-0.4, -0.2) is 29.8 Å². The highest BCUT2D eigenvalue weighted by Crippen LogP contribution is 2.09. The average Bonchev–Trinajstić information content (AvgIpc) is 2.56. The molecule has 0 saturated heterocycles. The highest BCUT2D eigenvalue weighted by molar-refractivity contribution is 6.30. The molecular formula is C17H18ClN3O2. The van der Waals surface area contributed by atoms with Crippen LogP contribution in [0.3, 0.4) is 0 Å². The number of carbonyl (C=O) groups excluding carboxylic acids is 1. The molecule has 23 heavy (non-hydrogen) atoms. The standard InChI is InChI=1S/C17H18ClN3O2/c1-3-20(4-2)17(23)14-6-5-11-21(12-14)19-16(22)13-7-9-15(18)10-8-13/h5-12H,3-4H2,1-2H3. The van der Waals surface area contributed by atoms with E-state index in [0.29, 0.717) is 29.2 Å². The zero-order valence-electron chi connectivity index (χ0n) is 13.1. The maximum absolute atomic E-state index is 12.3. The lowest BCUT2D eigenvalue weighted by atomic mass is 10.2. The van der Waals surface area contributed by atoms with Crippen LogP contribution in [0.15, 0.2) is 53.9 Å². The van der Waals surface area contributed by atoms with Crippen molar-refractivity contribution in [2.75, 3.05) is 13.1 Å². The number of carbonyl (C=O) groups is 1. The van der Waals surface area contributed by atoms with Crippen LogP contribution in [0.2, 0.25) is 5.02 Å². The molecule has 0 radical (unpaired) electrons. The smallest absolute Gasteiger partial charge is 0.260 e. The lowest BCUT2D eigenvalue weighted by Crippen LogP contribution is -2.36. The van der Waals surface area contributed by atoms with Crippen LogP contribution in [0.5, 0.6) is 0 Å². The third-order valence-corrected chi connectivity index (χ3v) is 3.63. The first-order chi connectivity index (χ1) is 11.0. The Bertz CT molecular complexity index is 710. The molecule has 0 aliphatic heterocycles. The first-order valence-corrected chi connectivity index (χ1v) is 7.75. The molecule has 5 nitrogen and oxygen atoms in total. The molecular weight excluding hydrogens is 314 g/mol. The van der Waals surface area contributed by atoms with Gasteiger partial charge in [0.1, 0.15) is 5.56 Å². The number of rotatable bonds is 5. The number of amides is 1. The van der Waals surface area contributed by atoms with Crippen LogP contribution in [0.25, 0.3) is 0 Å². The second kappa shape index (κ2) is 7.74. The van der Waals surface area contributed by atoms with E-state index >= 15 is 0 Å². The van der Waals surface area contributed by atoms with Gasteiger partial charge in [-0.15, -0.1) is 0 Å². The van der Waals surface area contributed by atoms with Gasteiger partial charge >= 0.3 is 0 Å². The van der Waals surface area contributed by atoms with Crippen molar-refractivity contribution < 1.29 is 14.6 Å². The van der Waals surface area contributed by atoms with Crippen LogP contribution in [0, 0.1) is 0 Å². The summed E-state index contributed by atoms with van der Waals surface area (Å²) in [6, 6.07) is 9.89. The molecule has 0 bridgehead atoms. The van der Waals surface area contributed by atoms with Crippen molar-refractivity contribution in [3.8, 4) is 0 Å². The summed E-state index contributed by atoms with van der Waals surface area (Å²) in [5.74, 6) is -0.488. The van der Waals surface area contributed by atoms with Crippen LogP contribution in [0.1, 0.15) is 29.8 Å². The number of hydrogen-bond acceptors (Lipinski definition) is 3. The molecule has 2 rings (SSSR count). The second-order valence-electron chi connectivity index (χ2n) is 4.86. The van der Waals surface area contributed by atoms with E-state index in [1.807, 2.05) is 13.8 Å². The fourth-order valence-electron chi connectivity index (χ4n) is 2.10. The largest absolute Gasteiger partial charge is 0.854 e. The Balaban J connectivity index is 2.27. The molecule has 120 valence electrons. The van der Waals surface area contributed by atoms with E-state index in [9.17, 15) is 9.90 Å². The van der Waals surface area contributed by atoms with Crippen molar-refractivity contribution in [2.24, 2.45) is 5.10 Å². The predicted octanol–water partition coefficient (Wildman–Crippen LogP) is 1.68. The van der Waals surface area contributed by atoms with Crippen molar-refractivity contribution in [1.82, 2.24) is 4.90 Å². The molecule has 0 aliphatic rings. The Labute approximate surface area is 140 Å². The first-order valence-electron chi connectivity index (χ1n) is 7.37. The topological polar surface area (TPSA) is 59.6 Å². The van der Waals surface area contributed by atoms with Gasteiger partial charge in [0.05, 0.1) is 5.90 Å². The molecule has 1 aromatic carbocycles. The highest BCUT2D eigenvalue weighted by atomic mass is 35.5. The molecule has 0 aliphatic carbocycles. The molecule has 0 fully saturated rings.